The van der Waals surface area contributed by atoms with E-state index in [-0.39, 0.29) is 6.54 Å². The maximum atomic E-state index is 13.0. The smallest absolute Gasteiger partial charge is 0.327 e. The zero-order chi connectivity index (χ0) is 13.7. The molecule has 2 aromatic rings. The van der Waals surface area contributed by atoms with Crippen LogP contribution in [0.25, 0.3) is 0 Å². The lowest BCUT2D eigenvalue weighted by Crippen LogP contribution is -2.13. The normalized spacial score (nSPS) is 10.4. The standard InChI is InChI=1S/C10H10FN5O2S/c1-18-9(17)5-16-10(13-14-15-16)19-6-7-2-8(11)4-12-3-7/h2-4H,5-6H2,1H3. The highest BCUT2D eigenvalue weighted by Crippen LogP contribution is 2.19. The van der Waals surface area contributed by atoms with E-state index in [9.17, 15) is 9.18 Å². The molecule has 9 heteroatoms. The first-order valence-corrected chi connectivity index (χ1v) is 6.23. The van der Waals surface area contributed by atoms with Gasteiger partial charge in [-0.2, -0.15) is 0 Å². The van der Waals surface area contributed by atoms with Gasteiger partial charge in [-0.3, -0.25) is 9.78 Å². The van der Waals surface area contributed by atoms with Gasteiger partial charge < -0.3 is 4.74 Å². The number of rotatable bonds is 5. The minimum Gasteiger partial charge on any atom is -0.468 e. The van der Waals surface area contributed by atoms with E-state index in [1.165, 1.54) is 29.6 Å². The summed E-state index contributed by atoms with van der Waals surface area (Å²) >= 11 is 1.28. The number of thioether (sulfide) groups is 1. The molecule has 0 amide bonds. The summed E-state index contributed by atoms with van der Waals surface area (Å²) in [6.07, 6.45) is 2.69. The number of hydrogen-bond donors (Lipinski definition) is 0. The molecule has 2 aromatic heterocycles. The SMILES string of the molecule is COC(=O)Cn1nnnc1SCc1cncc(F)c1. The molecule has 0 saturated heterocycles. The second kappa shape index (κ2) is 6.23. The van der Waals surface area contributed by atoms with Gasteiger partial charge in [0.15, 0.2) is 0 Å². The van der Waals surface area contributed by atoms with Gasteiger partial charge in [0.2, 0.25) is 5.16 Å². The fraction of sp³-hybridized carbons (Fsp3) is 0.300. The molecule has 0 fully saturated rings. The lowest BCUT2D eigenvalue weighted by atomic mass is 10.3. The molecule has 0 aromatic carbocycles. The Bertz CT molecular complexity index is 577. The molecule has 2 rings (SSSR count). The summed E-state index contributed by atoms with van der Waals surface area (Å²) in [4.78, 5) is 14.9. The van der Waals surface area contributed by atoms with Crippen molar-refractivity contribution in [2.45, 2.75) is 17.5 Å². The summed E-state index contributed by atoms with van der Waals surface area (Å²) in [5, 5.41) is 11.4. The first kappa shape index (κ1) is 13.4. The quantitative estimate of drug-likeness (QED) is 0.589. The Morgan fingerprint density at radius 3 is 3.11 bits per heavy atom. The molecule has 0 N–H and O–H groups in total. The number of nitrogens with zero attached hydrogens (tertiary/aromatic N) is 5. The third-order valence-corrected chi connectivity index (χ3v) is 3.16. The molecular formula is C10H10FN5O2S. The Labute approximate surface area is 112 Å². The molecule has 19 heavy (non-hydrogen) atoms. The second-order valence-electron chi connectivity index (χ2n) is 3.50. The average Bonchev–Trinajstić information content (AvgIpc) is 2.83. The molecular weight excluding hydrogens is 273 g/mol. The fourth-order valence-corrected chi connectivity index (χ4v) is 2.07. The summed E-state index contributed by atoms with van der Waals surface area (Å²) in [7, 11) is 1.29. The van der Waals surface area contributed by atoms with Gasteiger partial charge in [0, 0.05) is 11.9 Å². The van der Waals surface area contributed by atoms with E-state index in [0.717, 1.165) is 6.20 Å². The fourth-order valence-electron chi connectivity index (χ4n) is 1.27. The molecule has 0 atom stereocenters. The van der Waals surface area contributed by atoms with Crippen LogP contribution in [0.4, 0.5) is 4.39 Å². The Hall–Kier alpha value is -2.03. The van der Waals surface area contributed by atoms with Crippen LogP contribution in [0.5, 0.6) is 0 Å². The molecule has 7 nitrogen and oxygen atoms in total. The maximum Gasteiger partial charge on any atom is 0.327 e. The van der Waals surface area contributed by atoms with E-state index in [4.69, 9.17) is 0 Å². The van der Waals surface area contributed by atoms with Crippen molar-refractivity contribution >= 4 is 17.7 Å². The third-order valence-electron chi connectivity index (χ3n) is 2.14. The van der Waals surface area contributed by atoms with Crippen molar-refractivity contribution in [3.8, 4) is 0 Å². The van der Waals surface area contributed by atoms with Gasteiger partial charge >= 0.3 is 5.97 Å². The van der Waals surface area contributed by atoms with Gasteiger partial charge in [-0.25, -0.2) is 9.07 Å². The summed E-state index contributed by atoms with van der Waals surface area (Å²) in [5.41, 5.74) is 0.706. The lowest BCUT2D eigenvalue weighted by Gasteiger charge is -2.03. The van der Waals surface area contributed by atoms with Crippen LogP contribution in [-0.4, -0.2) is 38.3 Å². The van der Waals surface area contributed by atoms with Gasteiger partial charge in [0.05, 0.1) is 13.3 Å². The monoisotopic (exact) mass is 283 g/mol. The number of tetrazole rings is 1. The minimum absolute atomic E-state index is 0.0623. The molecule has 0 spiro atoms. The zero-order valence-corrected chi connectivity index (χ0v) is 10.8. The number of halogens is 1. The molecule has 0 radical (unpaired) electrons. The number of carbonyl (C=O) groups is 1. The highest BCUT2D eigenvalue weighted by molar-refractivity contribution is 7.98. The van der Waals surface area contributed by atoms with Crippen molar-refractivity contribution in [2.24, 2.45) is 0 Å². The van der Waals surface area contributed by atoms with E-state index in [1.807, 2.05) is 0 Å². The van der Waals surface area contributed by atoms with Gasteiger partial charge in [-0.05, 0) is 22.1 Å². The Kier molecular flexibility index (Phi) is 4.39. The molecule has 0 unspecified atom stereocenters. The molecule has 0 bridgehead atoms. The molecule has 2 heterocycles. The lowest BCUT2D eigenvalue weighted by molar-refractivity contribution is -0.141. The number of esters is 1. The van der Waals surface area contributed by atoms with Gasteiger partial charge in [0.1, 0.15) is 12.4 Å². The first-order chi connectivity index (χ1) is 9.19. The molecule has 0 aliphatic rings. The van der Waals surface area contributed by atoms with Crippen molar-refractivity contribution in [2.75, 3.05) is 7.11 Å². The highest BCUT2D eigenvalue weighted by atomic mass is 32.2. The summed E-state index contributed by atoms with van der Waals surface area (Å²) in [5.74, 6) is -0.388. The number of pyridine rings is 1. The number of aromatic nitrogens is 5. The minimum atomic E-state index is -0.443. The van der Waals surface area contributed by atoms with Crippen molar-refractivity contribution < 1.29 is 13.9 Å². The Balaban J connectivity index is 2.00. The van der Waals surface area contributed by atoms with Crippen molar-refractivity contribution in [1.82, 2.24) is 25.2 Å². The van der Waals surface area contributed by atoms with Crippen LogP contribution < -0.4 is 0 Å². The van der Waals surface area contributed by atoms with Crippen molar-refractivity contribution in [3.05, 3.63) is 29.8 Å². The summed E-state index contributed by atoms with van der Waals surface area (Å²) in [6, 6.07) is 1.38. The molecule has 100 valence electrons. The van der Waals surface area contributed by atoms with Crippen LogP contribution in [0.3, 0.4) is 0 Å². The molecule has 0 saturated carbocycles. The maximum absolute atomic E-state index is 13.0. The Morgan fingerprint density at radius 1 is 1.53 bits per heavy atom. The van der Waals surface area contributed by atoms with E-state index in [1.54, 1.807) is 6.20 Å². The predicted octanol–water partition coefficient (Wildman–Crippen LogP) is 0.672. The van der Waals surface area contributed by atoms with E-state index in [0.29, 0.717) is 16.5 Å². The number of carbonyl (C=O) groups excluding carboxylic acids is 1. The van der Waals surface area contributed by atoms with Gasteiger partial charge in [0.25, 0.3) is 0 Å². The van der Waals surface area contributed by atoms with Crippen LogP contribution in [-0.2, 0) is 21.8 Å². The van der Waals surface area contributed by atoms with Crippen LogP contribution in [0, 0.1) is 5.82 Å². The van der Waals surface area contributed by atoms with E-state index in [2.05, 4.69) is 25.2 Å². The van der Waals surface area contributed by atoms with Crippen LogP contribution in [0.15, 0.2) is 23.6 Å². The van der Waals surface area contributed by atoms with E-state index < -0.39 is 11.8 Å². The third kappa shape index (κ3) is 3.71. The average molecular weight is 283 g/mol. The van der Waals surface area contributed by atoms with Crippen LogP contribution in [0.2, 0.25) is 0 Å². The number of hydrogen-bond acceptors (Lipinski definition) is 7. The molecule has 0 aliphatic carbocycles. The van der Waals surface area contributed by atoms with Crippen molar-refractivity contribution in [1.29, 1.82) is 0 Å². The van der Waals surface area contributed by atoms with E-state index >= 15 is 0 Å². The van der Waals surface area contributed by atoms with Crippen molar-refractivity contribution in [3.63, 3.8) is 0 Å². The number of ether oxygens (including phenoxy) is 1. The van der Waals surface area contributed by atoms with Crippen LogP contribution in [0.1, 0.15) is 5.56 Å². The van der Waals surface area contributed by atoms with Crippen LogP contribution >= 0.6 is 11.8 Å². The molecule has 0 aliphatic heterocycles. The highest BCUT2D eigenvalue weighted by Gasteiger charge is 2.11. The topological polar surface area (TPSA) is 82.8 Å². The summed E-state index contributed by atoms with van der Waals surface area (Å²) in [6.45, 7) is -0.0623. The Morgan fingerprint density at radius 2 is 2.37 bits per heavy atom. The largest absolute Gasteiger partial charge is 0.468 e. The summed E-state index contributed by atoms with van der Waals surface area (Å²) < 4.78 is 18.8. The zero-order valence-electron chi connectivity index (χ0n) is 9.99. The predicted molar refractivity (Wildman–Crippen MR) is 63.6 cm³/mol. The van der Waals surface area contributed by atoms with Gasteiger partial charge in [-0.1, -0.05) is 11.8 Å². The van der Waals surface area contributed by atoms with Gasteiger partial charge in [-0.15, -0.1) is 5.10 Å². The number of methoxy groups -OCH3 is 1. The first-order valence-electron chi connectivity index (χ1n) is 5.24. The second-order valence-corrected chi connectivity index (χ2v) is 4.44.